The van der Waals surface area contributed by atoms with Crippen LogP contribution in [0.4, 0.5) is 4.39 Å². The molecule has 0 spiro atoms. The Kier molecular flexibility index (Phi) is 6.27. The van der Waals surface area contributed by atoms with Crippen molar-refractivity contribution in [2.45, 2.75) is 38.0 Å². The maximum Gasteiger partial charge on any atom is 0.418 e. The monoisotopic (exact) mass is 610 g/mol. The Morgan fingerprint density at radius 1 is 1.18 bits per heavy atom. The predicted molar refractivity (Wildman–Crippen MR) is 166 cm³/mol. The van der Waals surface area contributed by atoms with E-state index in [0.29, 0.717) is 52.0 Å². The zero-order valence-electron chi connectivity index (χ0n) is 24.8. The van der Waals surface area contributed by atoms with Crippen LogP contribution in [0, 0.1) is 5.92 Å². The fraction of sp³-hybridized carbons (Fsp3) is 0.344. The van der Waals surface area contributed by atoms with Crippen molar-refractivity contribution in [1.29, 1.82) is 0 Å². The van der Waals surface area contributed by atoms with Gasteiger partial charge < -0.3 is 28.9 Å². The summed E-state index contributed by atoms with van der Waals surface area (Å²) >= 11 is 0. The van der Waals surface area contributed by atoms with Crippen LogP contribution in [0.1, 0.15) is 29.6 Å². The van der Waals surface area contributed by atoms with E-state index < -0.39 is 18.0 Å². The number of likely N-dealkylation sites (tertiary alicyclic amines) is 1. The first-order valence-corrected chi connectivity index (χ1v) is 15.0. The number of oxazole rings is 1. The van der Waals surface area contributed by atoms with E-state index in [1.807, 2.05) is 23.7 Å². The van der Waals surface area contributed by atoms with Crippen molar-refractivity contribution < 1.29 is 18.3 Å². The lowest BCUT2D eigenvalue weighted by atomic mass is 10.0. The number of aromatic nitrogens is 6. The number of aryl methyl sites for hydroxylation is 1. The molecule has 12 nitrogen and oxygen atoms in total. The maximum atomic E-state index is 14.3. The lowest BCUT2D eigenvalue weighted by molar-refractivity contribution is 0.0606. The highest BCUT2D eigenvalue weighted by Crippen LogP contribution is 2.38. The van der Waals surface area contributed by atoms with Crippen LogP contribution in [0.2, 0.25) is 0 Å². The molecular weight excluding hydrogens is 579 g/mol. The first kappa shape index (κ1) is 27.5. The predicted octanol–water partition coefficient (Wildman–Crippen LogP) is 4.02. The molecule has 13 heteroatoms. The Morgan fingerprint density at radius 2 is 2.02 bits per heavy atom. The number of imidazole rings is 1. The highest BCUT2D eigenvalue weighted by molar-refractivity contribution is 6.00. The molecule has 0 bridgehead atoms. The van der Waals surface area contributed by atoms with Gasteiger partial charge in [-0.1, -0.05) is 0 Å². The van der Waals surface area contributed by atoms with Crippen LogP contribution in [-0.4, -0.2) is 72.3 Å². The summed E-state index contributed by atoms with van der Waals surface area (Å²) in [7, 11) is 3.49. The standard InChI is InChI=1S/C32H31FN8O4/c1-39-27-23(7-18(9-25(27)44-2)31(42)40-14-20(33)11-21(34)15-40)37-30(39)24-8-17-5-6-22(36-29(17)41(24)13-16-3-4-16)19-10-26-28(35-12-19)38-32(43)45-26/h5-10,12,16,20-21H,3-4,11,13-15,34H2,1-2H3,(H,35,38,43)/t20-,21-/m1/s1. The van der Waals surface area contributed by atoms with Gasteiger partial charge in [-0.15, -0.1) is 0 Å². The van der Waals surface area contributed by atoms with Crippen molar-refractivity contribution in [3.05, 3.63) is 58.7 Å². The highest BCUT2D eigenvalue weighted by Gasteiger charge is 2.30. The van der Waals surface area contributed by atoms with Crippen molar-refractivity contribution in [3.63, 3.8) is 0 Å². The lowest BCUT2D eigenvalue weighted by Crippen LogP contribution is -2.50. The van der Waals surface area contributed by atoms with Crippen LogP contribution < -0.4 is 16.2 Å². The number of piperidine rings is 1. The van der Waals surface area contributed by atoms with Crippen LogP contribution in [-0.2, 0) is 13.6 Å². The number of H-pyrrole nitrogens is 1. The van der Waals surface area contributed by atoms with Crippen molar-refractivity contribution in [2.75, 3.05) is 20.2 Å². The Bertz CT molecular complexity index is 2180. The Labute approximate surface area is 255 Å². The van der Waals surface area contributed by atoms with Gasteiger partial charge in [-0.05, 0) is 61.6 Å². The fourth-order valence-electron chi connectivity index (χ4n) is 6.44. The summed E-state index contributed by atoms with van der Waals surface area (Å²) in [5.74, 6) is 0.890. The number of nitrogens with zero attached hydrogens (tertiary/aromatic N) is 6. The molecule has 1 saturated heterocycles. The number of carbonyl (C=O) groups is 1. The van der Waals surface area contributed by atoms with Crippen LogP contribution in [0.3, 0.4) is 0 Å². The zero-order valence-corrected chi connectivity index (χ0v) is 24.8. The minimum absolute atomic E-state index is 0.0141. The molecule has 1 aliphatic heterocycles. The molecule has 5 aromatic heterocycles. The molecule has 45 heavy (non-hydrogen) atoms. The van der Waals surface area contributed by atoms with E-state index in [4.69, 9.17) is 24.9 Å². The molecule has 1 aromatic carbocycles. The summed E-state index contributed by atoms with van der Waals surface area (Å²) in [5, 5.41) is 0.953. The number of pyridine rings is 2. The highest BCUT2D eigenvalue weighted by atomic mass is 19.1. The molecule has 1 saturated carbocycles. The van der Waals surface area contributed by atoms with Gasteiger partial charge in [0, 0.05) is 48.9 Å². The lowest BCUT2D eigenvalue weighted by Gasteiger charge is -2.33. The summed E-state index contributed by atoms with van der Waals surface area (Å²) in [6.45, 7) is 1.09. The van der Waals surface area contributed by atoms with E-state index in [9.17, 15) is 14.0 Å². The molecule has 3 N–H and O–H groups in total. The number of nitrogens with two attached hydrogens (primary N) is 1. The SMILES string of the molecule is COc1cc(C(=O)N2C[C@H](N)C[C@@H](F)C2)cc2nc(-c3cc4ccc(-c5cnc6[nH]c(=O)oc6c5)nc4n3CC3CC3)n(C)c12. The van der Waals surface area contributed by atoms with Gasteiger partial charge in [-0.3, -0.25) is 9.78 Å². The molecule has 2 aliphatic rings. The first-order chi connectivity index (χ1) is 21.7. The minimum Gasteiger partial charge on any atom is -0.494 e. The fourth-order valence-corrected chi connectivity index (χ4v) is 6.44. The number of hydrogen-bond acceptors (Lipinski definition) is 8. The summed E-state index contributed by atoms with van der Waals surface area (Å²) in [4.78, 5) is 43.5. The van der Waals surface area contributed by atoms with Crippen LogP contribution >= 0.6 is 0 Å². The number of methoxy groups -OCH3 is 1. The zero-order chi connectivity index (χ0) is 31.0. The van der Waals surface area contributed by atoms with E-state index >= 15 is 0 Å². The van der Waals surface area contributed by atoms with E-state index in [1.165, 1.54) is 4.90 Å². The van der Waals surface area contributed by atoms with E-state index in [1.54, 1.807) is 31.5 Å². The van der Waals surface area contributed by atoms with E-state index in [-0.39, 0.29) is 18.9 Å². The molecule has 1 amide bonds. The van der Waals surface area contributed by atoms with Crippen LogP contribution in [0.5, 0.6) is 5.75 Å². The number of aromatic amines is 1. The molecular formula is C32H31FN8O4. The topological polar surface area (TPSA) is 150 Å². The Morgan fingerprint density at radius 3 is 2.80 bits per heavy atom. The summed E-state index contributed by atoms with van der Waals surface area (Å²) in [6, 6.07) is 10.8. The molecule has 0 unspecified atom stereocenters. The number of ether oxygens (including phenoxy) is 1. The summed E-state index contributed by atoms with van der Waals surface area (Å²) in [6.07, 6.45) is 3.05. The van der Waals surface area contributed by atoms with Gasteiger partial charge >= 0.3 is 5.76 Å². The number of alkyl halides is 1. The second-order valence-electron chi connectivity index (χ2n) is 12.1. The van der Waals surface area contributed by atoms with Gasteiger partial charge in [0.2, 0.25) is 0 Å². The molecule has 6 aromatic rings. The van der Waals surface area contributed by atoms with Crippen molar-refractivity contribution in [1.82, 2.24) is 34.0 Å². The number of halogens is 1. The average molecular weight is 611 g/mol. The maximum absolute atomic E-state index is 14.3. The third-order valence-corrected chi connectivity index (χ3v) is 8.80. The van der Waals surface area contributed by atoms with Crippen molar-refractivity contribution >= 4 is 39.2 Å². The van der Waals surface area contributed by atoms with Gasteiger partial charge in [0.1, 0.15) is 23.1 Å². The van der Waals surface area contributed by atoms with Gasteiger partial charge in [0.25, 0.3) is 5.91 Å². The third-order valence-electron chi connectivity index (χ3n) is 8.80. The van der Waals surface area contributed by atoms with E-state index in [0.717, 1.165) is 47.2 Å². The second kappa shape index (κ2) is 10.3. The average Bonchev–Trinajstić information content (AvgIpc) is 3.53. The van der Waals surface area contributed by atoms with Gasteiger partial charge in [0.05, 0.1) is 30.6 Å². The Hall–Kier alpha value is -5.04. The quantitative estimate of drug-likeness (QED) is 0.287. The number of nitrogens with one attached hydrogen (secondary N) is 1. The summed E-state index contributed by atoms with van der Waals surface area (Å²) in [5.41, 5.74) is 11.6. The number of carbonyl (C=O) groups excluding carboxylic acids is 1. The first-order valence-electron chi connectivity index (χ1n) is 15.0. The molecule has 6 heterocycles. The van der Waals surface area contributed by atoms with Gasteiger partial charge in [-0.2, -0.15) is 0 Å². The molecule has 8 rings (SSSR count). The van der Waals surface area contributed by atoms with Crippen LogP contribution in [0.15, 0.2) is 51.8 Å². The number of rotatable bonds is 6. The molecule has 2 atom stereocenters. The van der Waals surface area contributed by atoms with Gasteiger partial charge in [-0.25, -0.2) is 24.1 Å². The largest absolute Gasteiger partial charge is 0.494 e. The third kappa shape index (κ3) is 4.74. The number of hydrogen-bond donors (Lipinski definition) is 2. The summed E-state index contributed by atoms with van der Waals surface area (Å²) < 4.78 is 29.4. The molecule has 2 fully saturated rings. The van der Waals surface area contributed by atoms with Crippen molar-refractivity contribution in [3.8, 4) is 28.5 Å². The molecule has 1 aliphatic carbocycles. The van der Waals surface area contributed by atoms with E-state index in [2.05, 4.69) is 20.6 Å². The number of amides is 1. The Balaban J connectivity index is 1.24. The molecule has 0 radical (unpaired) electrons. The normalized spacial score (nSPS) is 18.8. The van der Waals surface area contributed by atoms with Crippen molar-refractivity contribution in [2.24, 2.45) is 18.7 Å². The number of fused-ring (bicyclic) bond motifs is 3. The van der Waals surface area contributed by atoms with Gasteiger partial charge in [0.15, 0.2) is 17.1 Å². The smallest absolute Gasteiger partial charge is 0.418 e. The molecule has 230 valence electrons. The van der Waals surface area contributed by atoms with Crippen LogP contribution in [0.25, 0.3) is 56.1 Å². The minimum atomic E-state index is -1.15. The number of benzene rings is 1. The second-order valence-corrected chi connectivity index (χ2v) is 12.1.